The van der Waals surface area contributed by atoms with Gasteiger partial charge in [0, 0.05) is 12.2 Å². The Hall–Kier alpha value is -1.53. The minimum atomic E-state index is -2.54. The lowest BCUT2D eigenvalue weighted by molar-refractivity contribution is 0.151. The van der Waals surface area contributed by atoms with Crippen molar-refractivity contribution in [1.82, 2.24) is 4.98 Å². The first-order valence-corrected chi connectivity index (χ1v) is 5.17. The third kappa shape index (κ3) is 2.42. The molecular weight excluding hydrogens is 230 g/mol. The lowest BCUT2D eigenvalue weighted by atomic mass is 10.2. The van der Waals surface area contributed by atoms with E-state index in [9.17, 15) is 8.78 Å². The van der Waals surface area contributed by atoms with Gasteiger partial charge < -0.3 is 15.3 Å². The lowest BCUT2D eigenvalue weighted by Crippen LogP contribution is -2.11. The zero-order valence-corrected chi connectivity index (χ0v) is 8.94. The number of aromatic nitrogens is 1. The molecule has 2 rings (SSSR count). The van der Waals surface area contributed by atoms with Crippen LogP contribution in [0.1, 0.15) is 30.3 Å². The van der Waals surface area contributed by atoms with Crippen molar-refractivity contribution in [2.45, 2.75) is 18.9 Å². The van der Waals surface area contributed by atoms with E-state index in [-0.39, 0.29) is 18.1 Å². The molecule has 3 N–H and O–H groups in total. The van der Waals surface area contributed by atoms with Crippen molar-refractivity contribution in [2.75, 3.05) is 6.61 Å². The summed E-state index contributed by atoms with van der Waals surface area (Å²) in [6, 6.07) is 3.49. The van der Waals surface area contributed by atoms with E-state index in [1.54, 1.807) is 0 Å². The lowest BCUT2D eigenvalue weighted by Gasteiger charge is -2.02. The van der Waals surface area contributed by atoms with Gasteiger partial charge in [0.15, 0.2) is 5.58 Å². The monoisotopic (exact) mass is 242 g/mol. The zero-order chi connectivity index (χ0) is 12.4. The summed E-state index contributed by atoms with van der Waals surface area (Å²) in [4.78, 5) is 4.04. The highest BCUT2D eigenvalue weighted by atomic mass is 19.3. The fraction of sp³-hybridized carbons (Fsp3) is 0.364. The van der Waals surface area contributed by atoms with Crippen LogP contribution in [0.3, 0.4) is 0 Å². The summed E-state index contributed by atoms with van der Waals surface area (Å²) in [5, 5.41) is 8.74. The molecule has 1 heterocycles. The number of oxazole rings is 1. The number of nitrogens with two attached hydrogens (primary N) is 1. The first kappa shape index (κ1) is 11.9. The minimum absolute atomic E-state index is 0.0812. The van der Waals surface area contributed by atoms with Gasteiger partial charge in [0.2, 0.25) is 5.89 Å². The highest BCUT2D eigenvalue weighted by Gasteiger charge is 2.15. The standard InChI is InChI=1S/C11H12F2N2O2/c12-10(13)6-1-2-9-8(5-6)15-11(17-9)7(14)3-4-16/h1-2,5,7,10,16H,3-4,14H2. The first-order valence-electron chi connectivity index (χ1n) is 5.17. The van der Waals surface area contributed by atoms with Gasteiger partial charge in [-0.15, -0.1) is 0 Å². The number of halogens is 2. The number of hydrogen-bond acceptors (Lipinski definition) is 4. The van der Waals surface area contributed by atoms with Crippen LogP contribution in [0.15, 0.2) is 22.6 Å². The molecule has 0 amide bonds. The molecule has 92 valence electrons. The molecule has 0 bridgehead atoms. The largest absolute Gasteiger partial charge is 0.439 e. The maximum atomic E-state index is 12.5. The van der Waals surface area contributed by atoms with Crippen molar-refractivity contribution in [2.24, 2.45) is 5.73 Å². The second kappa shape index (κ2) is 4.77. The van der Waals surface area contributed by atoms with E-state index in [1.807, 2.05) is 0 Å². The average molecular weight is 242 g/mol. The van der Waals surface area contributed by atoms with Crippen molar-refractivity contribution in [3.8, 4) is 0 Å². The Bertz CT molecular complexity index is 513. The van der Waals surface area contributed by atoms with Gasteiger partial charge in [-0.05, 0) is 24.6 Å². The molecule has 1 aromatic carbocycles. The van der Waals surface area contributed by atoms with Crippen LogP contribution in [-0.2, 0) is 0 Å². The summed E-state index contributed by atoms with van der Waals surface area (Å²) in [7, 11) is 0. The molecule has 0 fully saturated rings. The van der Waals surface area contributed by atoms with Gasteiger partial charge in [0.1, 0.15) is 5.52 Å². The van der Waals surface area contributed by atoms with Crippen molar-refractivity contribution in [3.63, 3.8) is 0 Å². The van der Waals surface area contributed by atoms with Crippen molar-refractivity contribution >= 4 is 11.1 Å². The second-order valence-corrected chi connectivity index (χ2v) is 3.70. The van der Waals surface area contributed by atoms with Crippen LogP contribution in [0.2, 0.25) is 0 Å². The molecule has 0 saturated carbocycles. The number of alkyl halides is 2. The van der Waals surface area contributed by atoms with Crippen LogP contribution in [0, 0.1) is 0 Å². The number of aliphatic hydroxyl groups excluding tert-OH is 1. The number of aliphatic hydroxyl groups is 1. The van der Waals surface area contributed by atoms with Crippen LogP contribution >= 0.6 is 0 Å². The molecule has 0 aliphatic heterocycles. The van der Waals surface area contributed by atoms with Crippen LogP contribution < -0.4 is 5.73 Å². The molecule has 1 aromatic heterocycles. The predicted octanol–water partition coefficient (Wildman–Crippen LogP) is 2.15. The maximum absolute atomic E-state index is 12.5. The van der Waals surface area contributed by atoms with E-state index in [0.717, 1.165) is 0 Å². The summed E-state index contributed by atoms with van der Waals surface area (Å²) in [6.07, 6.45) is -2.22. The molecule has 6 heteroatoms. The van der Waals surface area contributed by atoms with Gasteiger partial charge in [-0.25, -0.2) is 13.8 Å². The Balaban J connectivity index is 2.36. The summed E-state index contributed by atoms with van der Waals surface area (Å²) in [6.45, 7) is -0.0812. The zero-order valence-electron chi connectivity index (χ0n) is 8.94. The van der Waals surface area contributed by atoms with Gasteiger partial charge in [-0.1, -0.05) is 0 Å². The van der Waals surface area contributed by atoms with E-state index >= 15 is 0 Å². The highest BCUT2D eigenvalue weighted by molar-refractivity contribution is 5.73. The molecule has 0 aliphatic carbocycles. The van der Waals surface area contributed by atoms with E-state index in [1.165, 1.54) is 18.2 Å². The van der Waals surface area contributed by atoms with Gasteiger partial charge in [0.05, 0.1) is 6.04 Å². The first-order chi connectivity index (χ1) is 8.11. The molecule has 0 aliphatic rings. The van der Waals surface area contributed by atoms with Crippen molar-refractivity contribution in [1.29, 1.82) is 0 Å². The molecule has 0 saturated heterocycles. The van der Waals surface area contributed by atoms with Crippen LogP contribution in [-0.4, -0.2) is 16.7 Å². The average Bonchev–Trinajstić information content (AvgIpc) is 2.71. The molecule has 17 heavy (non-hydrogen) atoms. The Labute approximate surface area is 96.1 Å². The molecule has 2 aromatic rings. The van der Waals surface area contributed by atoms with E-state index < -0.39 is 12.5 Å². The number of fused-ring (bicyclic) bond motifs is 1. The number of rotatable bonds is 4. The summed E-state index contributed by atoms with van der Waals surface area (Å²) >= 11 is 0. The minimum Gasteiger partial charge on any atom is -0.439 e. The fourth-order valence-electron chi connectivity index (χ4n) is 1.52. The van der Waals surface area contributed by atoms with Crippen molar-refractivity contribution in [3.05, 3.63) is 29.7 Å². The quantitative estimate of drug-likeness (QED) is 0.861. The van der Waals surface area contributed by atoms with Gasteiger partial charge in [0.25, 0.3) is 6.43 Å². The van der Waals surface area contributed by atoms with E-state index in [2.05, 4.69) is 4.98 Å². The fourth-order valence-corrected chi connectivity index (χ4v) is 1.52. The van der Waals surface area contributed by atoms with Crippen molar-refractivity contribution < 1.29 is 18.3 Å². The molecule has 1 unspecified atom stereocenters. The Morgan fingerprint density at radius 2 is 2.18 bits per heavy atom. The third-order valence-corrected chi connectivity index (χ3v) is 2.44. The number of benzene rings is 1. The molecule has 4 nitrogen and oxygen atoms in total. The third-order valence-electron chi connectivity index (χ3n) is 2.44. The Kier molecular flexibility index (Phi) is 3.35. The topological polar surface area (TPSA) is 72.3 Å². The summed E-state index contributed by atoms with van der Waals surface area (Å²) in [5.74, 6) is 0.250. The van der Waals surface area contributed by atoms with Gasteiger partial charge >= 0.3 is 0 Å². The Morgan fingerprint density at radius 3 is 2.82 bits per heavy atom. The van der Waals surface area contributed by atoms with E-state index in [0.29, 0.717) is 17.5 Å². The summed E-state index contributed by atoms with van der Waals surface area (Å²) in [5.41, 5.74) is 6.37. The maximum Gasteiger partial charge on any atom is 0.263 e. The highest BCUT2D eigenvalue weighted by Crippen LogP contribution is 2.25. The normalized spacial score (nSPS) is 13.5. The molecule has 0 radical (unpaired) electrons. The predicted molar refractivity (Wildman–Crippen MR) is 57.6 cm³/mol. The van der Waals surface area contributed by atoms with Gasteiger partial charge in [-0.2, -0.15) is 0 Å². The van der Waals surface area contributed by atoms with E-state index in [4.69, 9.17) is 15.3 Å². The van der Waals surface area contributed by atoms with Crippen LogP contribution in [0.25, 0.3) is 11.1 Å². The second-order valence-electron chi connectivity index (χ2n) is 3.70. The SMILES string of the molecule is NC(CCO)c1nc2cc(C(F)F)ccc2o1. The van der Waals surface area contributed by atoms with Crippen LogP contribution in [0.5, 0.6) is 0 Å². The summed E-state index contributed by atoms with van der Waals surface area (Å²) < 4.78 is 30.3. The number of hydrogen-bond donors (Lipinski definition) is 2. The Morgan fingerprint density at radius 1 is 1.41 bits per heavy atom. The van der Waals surface area contributed by atoms with Gasteiger partial charge in [-0.3, -0.25) is 0 Å². The van der Waals surface area contributed by atoms with Crippen LogP contribution in [0.4, 0.5) is 8.78 Å². The number of nitrogens with zero attached hydrogens (tertiary/aromatic N) is 1. The molecule has 0 spiro atoms. The molecular formula is C11H12F2N2O2. The smallest absolute Gasteiger partial charge is 0.263 e. The molecule has 1 atom stereocenters.